The minimum Gasteiger partial charge on any atom is -0.394 e. The first kappa shape index (κ1) is 62.2. The molecule has 7 N–H and O–H groups in total. The zero-order chi connectivity index (χ0) is 47.4. The average Bonchev–Trinajstić information content (AvgIpc) is 3.31. The average molecular weight is 928 g/mol. The lowest BCUT2D eigenvalue weighted by Gasteiger charge is -2.40. The largest absolute Gasteiger partial charge is 0.394 e. The number of carbonyl (C=O) groups excluding carboxylic acids is 1. The van der Waals surface area contributed by atoms with E-state index < -0.39 is 61.5 Å². The summed E-state index contributed by atoms with van der Waals surface area (Å²) in [5.74, 6) is -0.576. The summed E-state index contributed by atoms with van der Waals surface area (Å²) in [5.41, 5.74) is 0. The van der Waals surface area contributed by atoms with E-state index in [1.165, 1.54) is 218 Å². The molecule has 0 aromatic heterocycles. The number of aliphatic hydroxyl groups excluding tert-OH is 6. The van der Waals surface area contributed by atoms with Gasteiger partial charge in [-0.25, -0.2) is 0 Å². The highest BCUT2D eigenvalue weighted by molar-refractivity contribution is 5.80. The van der Waals surface area contributed by atoms with Crippen LogP contribution in [-0.2, 0) is 14.3 Å². The Morgan fingerprint density at radius 2 is 0.769 bits per heavy atom. The van der Waals surface area contributed by atoms with Crippen LogP contribution >= 0.6 is 0 Å². The van der Waals surface area contributed by atoms with Crippen LogP contribution in [0.3, 0.4) is 0 Å². The Bertz CT molecular complexity index is 1000. The first-order valence-corrected chi connectivity index (χ1v) is 28.3. The molecule has 1 saturated heterocycles. The molecule has 10 nitrogen and oxygen atoms in total. The van der Waals surface area contributed by atoms with Crippen molar-refractivity contribution in [2.75, 3.05) is 13.2 Å². The van der Waals surface area contributed by atoms with E-state index in [4.69, 9.17) is 9.47 Å². The van der Waals surface area contributed by atoms with Crippen LogP contribution in [0.4, 0.5) is 0 Å². The SMILES string of the molecule is CCCCCCCCCCCCCCCCCCCCCCCCCCC(O)C(=O)NC(COC1OC(CO)C(O)C(O)C1O)C(O)CCCCCCCCCCCCCCCCCC. The number of hydrogen-bond acceptors (Lipinski definition) is 9. The van der Waals surface area contributed by atoms with E-state index in [9.17, 15) is 35.4 Å². The summed E-state index contributed by atoms with van der Waals surface area (Å²) in [6, 6.07) is -0.889. The number of nitrogens with one attached hydrogen (secondary N) is 1. The van der Waals surface area contributed by atoms with Gasteiger partial charge in [0.05, 0.1) is 25.4 Å². The highest BCUT2D eigenvalue weighted by atomic mass is 16.7. The van der Waals surface area contributed by atoms with E-state index in [1.807, 2.05) is 0 Å². The van der Waals surface area contributed by atoms with E-state index in [0.29, 0.717) is 12.8 Å². The van der Waals surface area contributed by atoms with Crippen LogP contribution in [0.2, 0.25) is 0 Å². The maximum absolute atomic E-state index is 13.1. The number of hydrogen-bond donors (Lipinski definition) is 7. The molecule has 0 bridgehead atoms. The second-order valence-electron chi connectivity index (χ2n) is 20.2. The van der Waals surface area contributed by atoms with Gasteiger partial charge in [-0.05, 0) is 12.8 Å². The molecule has 0 radical (unpaired) electrons. The van der Waals surface area contributed by atoms with Gasteiger partial charge >= 0.3 is 0 Å². The second-order valence-corrected chi connectivity index (χ2v) is 20.2. The summed E-state index contributed by atoms with van der Waals surface area (Å²) in [6.07, 6.45) is 43.0. The van der Waals surface area contributed by atoms with E-state index in [0.717, 1.165) is 38.5 Å². The molecular formula is C55H109NO9. The summed E-state index contributed by atoms with van der Waals surface area (Å²) < 4.78 is 11.2. The molecule has 0 saturated carbocycles. The number of aliphatic hydroxyl groups is 6. The van der Waals surface area contributed by atoms with Crippen LogP contribution in [0.15, 0.2) is 0 Å². The monoisotopic (exact) mass is 928 g/mol. The summed E-state index contributed by atoms with van der Waals surface area (Å²) in [5, 5.41) is 65.2. The van der Waals surface area contributed by atoms with Gasteiger partial charge in [-0.15, -0.1) is 0 Å². The van der Waals surface area contributed by atoms with Gasteiger partial charge in [-0.3, -0.25) is 4.79 Å². The molecule has 1 rings (SSSR count). The van der Waals surface area contributed by atoms with Crippen LogP contribution in [-0.4, -0.2) is 98.7 Å². The molecule has 1 aliphatic heterocycles. The zero-order valence-corrected chi connectivity index (χ0v) is 42.6. The third-order valence-electron chi connectivity index (χ3n) is 14.1. The Hall–Kier alpha value is -0.850. The lowest BCUT2D eigenvalue weighted by Crippen LogP contribution is -2.60. The van der Waals surface area contributed by atoms with Crippen molar-refractivity contribution in [1.29, 1.82) is 0 Å². The first-order valence-electron chi connectivity index (χ1n) is 28.3. The van der Waals surface area contributed by atoms with Crippen molar-refractivity contribution in [3.05, 3.63) is 0 Å². The highest BCUT2D eigenvalue weighted by Gasteiger charge is 2.44. The Morgan fingerprint density at radius 1 is 0.462 bits per heavy atom. The molecular weight excluding hydrogens is 819 g/mol. The van der Waals surface area contributed by atoms with Gasteiger partial charge < -0.3 is 45.4 Å². The Labute approximate surface area is 400 Å². The van der Waals surface area contributed by atoms with Gasteiger partial charge in [0.15, 0.2) is 6.29 Å². The topological polar surface area (TPSA) is 169 Å². The lowest BCUT2D eigenvalue weighted by molar-refractivity contribution is -0.302. The third-order valence-corrected chi connectivity index (χ3v) is 14.1. The Balaban J connectivity index is 2.23. The predicted octanol–water partition coefficient (Wildman–Crippen LogP) is 12.4. The van der Waals surface area contributed by atoms with Gasteiger partial charge in [0, 0.05) is 0 Å². The van der Waals surface area contributed by atoms with Crippen molar-refractivity contribution >= 4 is 5.91 Å². The predicted molar refractivity (Wildman–Crippen MR) is 269 cm³/mol. The fourth-order valence-corrected chi connectivity index (χ4v) is 9.47. The molecule has 1 fully saturated rings. The third kappa shape index (κ3) is 35.0. The zero-order valence-electron chi connectivity index (χ0n) is 42.6. The van der Waals surface area contributed by atoms with Crippen LogP contribution in [0, 0.1) is 0 Å². The number of rotatable bonds is 49. The van der Waals surface area contributed by atoms with Gasteiger partial charge in [-0.1, -0.05) is 271 Å². The Kier molecular flexibility index (Phi) is 43.6. The smallest absolute Gasteiger partial charge is 0.249 e. The molecule has 10 heteroatoms. The molecule has 1 heterocycles. The van der Waals surface area contributed by atoms with Gasteiger partial charge in [0.2, 0.25) is 5.91 Å². The maximum atomic E-state index is 13.1. The van der Waals surface area contributed by atoms with Crippen molar-refractivity contribution in [1.82, 2.24) is 5.32 Å². The van der Waals surface area contributed by atoms with Crippen molar-refractivity contribution in [3.63, 3.8) is 0 Å². The quantitative estimate of drug-likeness (QED) is 0.0294. The Morgan fingerprint density at radius 3 is 1.09 bits per heavy atom. The summed E-state index contributed by atoms with van der Waals surface area (Å²) in [6.45, 7) is 3.71. The first-order chi connectivity index (χ1) is 31.8. The highest BCUT2D eigenvalue weighted by Crippen LogP contribution is 2.23. The number of amides is 1. The van der Waals surface area contributed by atoms with Crippen molar-refractivity contribution in [3.8, 4) is 0 Å². The summed E-state index contributed by atoms with van der Waals surface area (Å²) in [4.78, 5) is 13.1. The normalized spacial score (nSPS) is 20.3. The van der Waals surface area contributed by atoms with Gasteiger partial charge in [0.1, 0.15) is 30.5 Å². The number of carbonyl (C=O) groups is 1. The van der Waals surface area contributed by atoms with Crippen LogP contribution in [0.1, 0.15) is 284 Å². The lowest BCUT2D eigenvalue weighted by atomic mass is 9.99. The van der Waals surface area contributed by atoms with E-state index in [2.05, 4.69) is 19.2 Å². The minimum absolute atomic E-state index is 0.249. The maximum Gasteiger partial charge on any atom is 0.249 e. The molecule has 1 amide bonds. The fourth-order valence-electron chi connectivity index (χ4n) is 9.47. The van der Waals surface area contributed by atoms with Gasteiger partial charge in [0.25, 0.3) is 0 Å². The minimum atomic E-state index is -1.59. The van der Waals surface area contributed by atoms with Crippen LogP contribution in [0.25, 0.3) is 0 Å². The summed E-state index contributed by atoms with van der Waals surface area (Å²) in [7, 11) is 0. The summed E-state index contributed by atoms with van der Waals surface area (Å²) >= 11 is 0. The number of ether oxygens (including phenoxy) is 2. The van der Waals surface area contributed by atoms with E-state index >= 15 is 0 Å². The molecule has 0 aromatic carbocycles. The molecule has 388 valence electrons. The van der Waals surface area contributed by atoms with E-state index in [1.54, 1.807) is 0 Å². The molecule has 8 atom stereocenters. The number of unbranched alkanes of at least 4 members (excludes halogenated alkanes) is 38. The van der Waals surface area contributed by atoms with E-state index in [-0.39, 0.29) is 6.61 Å². The molecule has 65 heavy (non-hydrogen) atoms. The molecule has 8 unspecified atom stereocenters. The standard InChI is InChI=1S/C55H109NO9/c1-3-5-7-9-11-13-15-17-19-21-22-23-24-25-26-27-28-30-32-34-36-38-40-42-44-49(59)54(63)56-47(46-64-55-53(62)52(61)51(60)50(45-57)65-55)48(58)43-41-39-37-35-33-31-29-20-18-16-14-12-10-8-6-4-2/h47-53,55,57-62H,3-46H2,1-2H3,(H,56,63). The molecule has 0 spiro atoms. The van der Waals surface area contributed by atoms with Gasteiger partial charge in [-0.2, -0.15) is 0 Å². The molecule has 0 aromatic rings. The van der Waals surface area contributed by atoms with Crippen LogP contribution in [0.5, 0.6) is 0 Å². The van der Waals surface area contributed by atoms with Crippen LogP contribution < -0.4 is 5.32 Å². The van der Waals surface area contributed by atoms with Crippen molar-refractivity contribution < 1.29 is 44.9 Å². The molecule has 0 aliphatic carbocycles. The van der Waals surface area contributed by atoms with Crippen molar-refractivity contribution in [2.24, 2.45) is 0 Å². The fraction of sp³-hybridized carbons (Fsp3) is 0.982. The second kappa shape index (κ2) is 45.6. The van der Waals surface area contributed by atoms with Crippen molar-refractivity contribution in [2.45, 2.75) is 332 Å². The molecule has 1 aliphatic rings.